The van der Waals surface area contributed by atoms with E-state index in [0.29, 0.717) is 6.54 Å². The van der Waals surface area contributed by atoms with Crippen LogP contribution in [0.3, 0.4) is 0 Å². The van der Waals surface area contributed by atoms with Gasteiger partial charge in [-0.2, -0.15) is 0 Å². The summed E-state index contributed by atoms with van der Waals surface area (Å²) in [7, 11) is 5.78. The monoisotopic (exact) mass is 439 g/mol. The van der Waals surface area contributed by atoms with Gasteiger partial charge in [-0.15, -0.1) is 11.3 Å². The van der Waals surface area contributed by atoms with Crippen molar-refractivity contribution >= 4 is 33.3 Å². The molecule has 1 aliphatic rings. The molecule has 31 heavy (non-hydrogen) atoms. The van der Waals surface area contributed by atoms with Crippen molar-refractivity contribution in [3.63, 3.8) is 0 Å². The average Bonchev–Trinajstić information content (AvgIpc) is 3.37. The van der Waals surface area contributed by atoms with Crippen LogP contribution in [0.1, 0.15) is 33.1 Å². The summed E-state index contributed by atoms with van der Waals surface area (Å²) in [4.78, 5) is 29.9. The van der Waals surface area contributed by atoms with Crippen LogP contribution in [0.2, 0.25) is 0 Å². The molecule has 1 N–H and O–H groups in total. The lowest BCUT2D eigenvalue weighted by molar-refractivity contribution is 0.0770. The Balaban J connectivity index is 1.61. The minimum Gasteiger partial charge on any atom is -0.395 e. The lowest BCUT2D eigenvalue weighted by atomic mass is 9.95. The van der Waals surface area contributed by atoms with Gasteiger partial charge in [0.05, 0.1) is 11.5 Å². The molecule has 0 radical (unpaired) electrons. The number of aliphatic hydroxyl groups is 1. The van der Waals surface area contributed by atoms with Crippen molar-refractivity contribution in [2.75, 3.05) is 52.3 Å². The van der Waals surface area contributed by atoms with E-state index in [-0.39, 0.29) is 18.4 Å². The smallest absolute Gasteiger partial charge is 0.264 e. The van der Waals surface area contributed by atoms with Crippen molar-refractivity contribution in [3.8, 4) is 0 Å². The first-order valence-electron chi connectivity index (χ1n) is 10.6. The standard InChI is InChI=1S/C23H29N5O2S/c1-26(2)21-17(6-4-9-24-21)15-28-11-8-16(14-28)19-18-7-5-10-25-22(18)31-20(19)23(30)27(3)12-13-29/h4-7,9-10,16,29H,8,11-15H2,1-3H3. The number of carbonyl (C=O) groups is 1. The summed E-state index contributed by atoms with van der Waals surface area (Å²) < 4.78 is 0. The predicted octanol–water partition coefficient (Wildman–Crippen LogP) is 2.81. The highest BCUT2D eigenvalue weighted by atomic mass is 32.1. The Bertz CT molecular complexity index is 1070. The molecule has 1 amide bonds. The van der Waals surface area contributed by atoms with Gasteiger partial charge in [0.25, 0.3) is 5.91 Å². The number of likely N-dealkylation sites (N-methyl/N-ethyl adjacent to an activating group) is 1. The SMILES string of the molecule is CN(CCO)C(=O)c1sc2ncccc2c1C1CCN(Cc2cccnc2N(C)C)C1. The number of anilines is 1. The number of amides is 1. The minimum absolute atomic E-state index is 0.0346. The Hall–Kier alpha value is -2.55. The molecule has 1 fully saturated rings. The molecule has 0 bridgehead atoms. The van der Waals surface area contributed by atoms with Crippen molar-refractivity contribution in [1.82, 2.24) is 19.8 Å². The maximum Gasteiger partial charge on any atom is 0.264 e. The molecule has 4 heterocycles. The highest BCUT2D eigenvalue weighted by molar-refractivity contribution is 7.20. The summed E-state index contributed by atoms with van der Waals surface area (Å²) in [6, 6.07) is 8.14. The summed E-state index contributed by atoms with van der Waals surface area (Å²) in [6.07, 6.45) is 4.61. The van der Waals surface area contributed by atoms with Crippen LogP contribution in [-0.4, -0.2) is 78.2 Å². The third kappa shape index (κ3) is 4.42. The molecule has 4 rings (SSSR count). The zero-order chi connectivity index (χ0) is 22.0. The van der Waals surface area contributed by atoms with Gasteiger partial charge in [0.2, 0.25) is 0 Å². The molecule has 164 valence electrons. The van der Waals surface area contributed by atoms with Gasteiger partial charge >= 0.3 is 0 Å². The molecule has 3 aromatic heterocycles. The molecule has 7 nitrogen and oxygen atoms in total. The van der Waals surface area contributed by atoms with Crippen molar-refractivity contribution in [3.05, 3.63) is 52.7 Å². The Morgan fingerprint density at radius 3 is 2.77 bits per heavy atom. The van der Waals surface area contributed by atoms with E-state index in [1.54, 1.807) is 18.1 Å². The van der Waals surface area contributed by atoms with Crippen LogP contribution in [0.4, 0.5) is 5.82 Å². The number of carbonyl (C=O) groups excluding carboxylic acids is 1. The van der Waals surface area contributed by atoms with Gasteiger partial charge in [0.1, 0.15) is 10.6 Å². The second-order valence-electron chi connectivity index (χ2n) is 8.25. The van der Waals surface area contributed by atoms with Crippen LogP contribution in [0.15, 0.2) is 36.7 Å². The van der Waals surface area contributed by atoms with E-state index in [1.165, 1.54) is 16.9 Å². The van der Waals surface area contributed by atoms with Gasteiger partial charge in [-0.05, 0) is 30.7 Å². The maximum atomic E-state index is 13.1. The average molecular weight is 440 g/mol. The number of thiophene rings is 1. The highest BCUT2D eigenvalue weighted by Gasteiger charge is 2.32. The largest absolute Gasteiger partial charge is 0.395 e. The number of nitrogens with zero attached hydrogens (tertiary/aromatic N) is 5. The number of fused-ring (bicyclic) bond motifs is 1. The third-order valence-electron chi connectivity index (χ3n) is 5.85. The third-order valence-corrected chi connectivity index (χ3v) is 6.96. The second-order valence-corrected chi connectivity index (χ2v) is 9.25. The molecule has 0 aliphatic carbocycles. The Labute approximate surface area is 186 Å². The molecule has 1 unspecified atom stereocenters. The van der Waals surface area contributed by atoms with Crippen molar-refractivity contribution in [2.24, 2.45) is 0 Å². The van der Waals surface area contributed by atoms with Gasteiger partial charge in [-0.3, -0.25) is 9.69 Å². The fraction of sp³-hybridized carbons (Fsp3) is 0.435. The molecular formula is C23H29N5O2S. The summed E-state index contributed by atoms with van der Waals surface area (Å²) in [5.41, 5.74) is 2.33. The van der Waals surface area contributed by atoms with Crippen molar-refractivity contribution < 1.29 is 9.90 Å². The van der Waals surface area contributed by atoms with Crippen LogP contribution in [-0.2, 0) is 6.54 Å². The molecule has 1 atom stereocenters. The van der Waals surface area contributed by atoms with Gasteiger partial charge in [-0.25, -0.2) is 9.97 Å². The summed E-state index contributed by atoms with van der Waals surface area (Å²) >= 11 is 1.47. The van der Waals surface area contributed by atoms with E-state index in [1.807, 2.05) is 32.4 Å². The van der Waals surface area contributed by atoms with Crippen molar-refractivity contribution in [2.45, 2.75) is 18.9 Å². The van der Waals surface area contributed by atoms with E-state index >= 15 is 0 Å². The number of rotatable bonds is 7. The van der Waals surface area contributed by atoms with Crippen LogP contribution in [0, 0.1) is 0 Å². The first-order valence-corrected chi connectivity index (χ1v) is 11.4. The number of aliphatic hydroxyl groups excluding tert-OH is 1. The molecule has 3 aromatic rings. The van der Waals surface area contributed by atoms with E-state index < -0.39 is 0 Å². The van der Waals surface area contributed by atoms with Crippen molar-refractivity contribution in [1.29, 1.82) is 0 Å². The Kier molecular flexibility index (Phi) is 6.50. The van der Waals surface area contributed by atoms with E-state index in [2.05, 4.69) is 31.9 Å². The number of aromatic nitrogens is 2. The van der Waals surface area contributed by atoms with Crippen LogP contribution >= 0.6 is 11.3 Å². The normalized spacial score (nSPS) is 16.7. The molecule has 0 aromatic carbocycles. The lowest BCUT2D eigenvalue weighted by Gasteiger charge is -2.21. The molecular weight excluding hydrogens is 410 g/mol. The maximum absolute atomic E-state index is 13.1. The number of hydrogen-bond donors (Lipinski definition) is 1. The molecule has 0 spiro atoms. The van der Waals surface area contributed by atoms with Gasteiger partial charge < -0.3 is 14.9 Å². The first-order chi connectivity index (χ1) is 15.0. The highest BCUT2D eigenvalue weighted by Crippen LogP contribution is 2.40. The fourth-order valence-corrected chi connectivity index (χ4v) is 5.57. The molecule has 1 saturated heterocycles. The van der Waals surface area contributed by atoms with Gasteiger partial charge in [-0.1, -0.05) is 12.1 Å². The van der Waals surface area contributed by atoms with Crippen LogP contribution < -0.4 is 4.90 Å². The fourth-order valence-electron chi connectivity index (χ4n) is 4.35. The molecule has 8 heteroatoms. The zero-order valence-corrected chi connectivity index (χ0v) is 19.1. The second kappa shape index (κ2) is 9.30. The molecule has 1 aliphatic heterocycles. The van der Waals surface area contributed by atoms with Gasteiger partial charge in [0.15, 0.2) is 0 Å². The quantitative estimate of drug-likeness (QED) is 0.610. The lowest BCUT2D eigenvalue weighted by Crippen LogP contribution is -2.30. The topological polar surface area (TPSA) is 72.8 Å². The first kappa shape index (κ1) is 21.7. The van der Waals surface area contributed by atoms with Gasteiger partial charge in [0, 0.05) is 70.0 Å². The van der Waals surface area contributed by atoms with E-state index in [4.69, 9.17) is 0 Å². The molecule has 0 saturated carbocycles. The summed E-state index contributed by atoms with van der Waals surface area (Å²) in [6.45, 7) is 2.99. The number of hydrogen-bond acceptors (Lipinski definition) is 7. The van der Waals surface area contributed by atoms with E-state index in [0.717, 1.165) is 52.5 Å². The number of pyridine rings is 2. The zero-order valence-electron chi connectivity index (χ0n) is 18.3. The Morgan fingerprint density at radius 1 is 1.23 bits per heavy atom. The summed E-state index contributed by atoms with van der Waals surface area (Å²) in [5, 5.41) is 10.4. The van der Waals surface area contributed by atoms with Crippen LogP contribution in [0.5, 0.6) is 0 Å². The summed E-state index contributed by atoms with van der Waals surface area (Å²) in [5.74, 6) is 1.24. The predicted molar refractivity (Wildman–Crippen MR) is 125 cm³/mol. The Morgan fingerprint density at radius 2 is 2.00 bits per heavy atom. The van der Waals surface area contributed by atoms with E-state index in [9.17, 15) is 9.90 Å². The van der Waals surface area contributed by atoms with Crippen LogP contribution in [0.25, 0.3) is 10.2 Å². The number of likely N-dealkylation sites (tertiary alicyclic amines) is 1. The minimum atomic E-state index is -0.0444.